The number of aromatic nitrogens is 4. The van der Waals surface area contributed by atoms with E-state index in [2.05, 4.69) is 24.0 Å². The SMILES string of the molecule is CCn1nccc1CN(C)S(=O)(=O)c1cn(CC(C)C)nc1C. The monoisotopic (exact) mass is 339 g/mol. The average molecular weight is 339 g/mol. The molecule has 0 unspecified atom stereocenters. The van der Waals surface area contributed by atoms with Crippen molar-refractivity contribution in [3.63, 3.8) is 0 Å². The fraction of sp³-hybridized carbons (Fsp3) is 0.600. The maximum absolute atomic E-state index is 12.8. The molecular weight excluding hydrogens is 314 g/mol. The highest BCUT2D eigenvalue weighted by atomic mass is 32.2. The van der Waals surface area contributed by atoms with E-state index in [0.29, 0.717) is 24.7 Å². The summed E-state index contributed by atoms with van der Waals surface area (Å²) in [6.45, 7) is 9.54. The van der Waals surface area contributed by atoms with Crippen molar-refractivity contribution in [1.29, 1.82) is 0 Å². The Morgan fingerprint density at radius 2 is 2.04 bits per heavy atom. The molecule has 0 aliphatic rings. The molecule has 0 spiro atoms. The molecule has 0 atom stereocenters. The van der Waals surface area contributed by atoms with E-state index in [-0.39, 0.29) is 11.4 Å². The highest BCUT2D eigenvalue weighted by Gasteiger charge is 2.26. The molecule has 2 heterocycles. The van der Waals surface area contributed by atoms with Gasteiger partial charge in [0.1, 0.15) is 4.90 Å². The van der Waals surface area contributed by atoms with Crippen LogP contribution in [0.5, 0.6) is 0 Å². The molecule has 0 bridgehead atoms. The molecule has 0 fully saturated rings. The second kappa shape index (κ2) is 6.84. The van der Waals surface area contributed by atoms with Gasteiger partial charge in [0.2, 0.25) is 10.0 Å². The van der Waals surface area contributed by atoms with E-state index in [1.807, 2.05) is 13.0 Å². The van der Waals surface area contributed by atoms with Crippen LogP contribution in [0.15, 0.2) is 23.4 Å². The first-order valence-corrected chi connectivity index (χ1v) is 9.20. The van der Waals surface area contributed by atoms with Gasteiger partial charge < -0.3 is 0 Å². The molecule has 0 aromatic carbocycles. The first-order chi connectivity index (χ1) is 10.8. The topological polar surface area (TPSA) is 73.0 Å². The van der Waals surface area contributed by atoms with Crippen LogP contribution in [0.4, 0.5) is 0 Å². The lowest BCUT2D eigenvalue weighted by molar-refractivity contribution is 0.446. The fourth-order valence-electron chi connectivity index (χ4n) is 2.48. The van der Waals surface area contributed by atoms with Crippen LogP contribution in [0.1, 0.15) is 32.2 Å². The smallest absolute Gasteiger partial charge is 0.246 e. The third kappa shape index (κ3) is 3.81. The summed E-state index contributed by atoms with van der Waals surface area (Å²) in [6, 6.07) is 1.84. The second-order valence-corrected chi connectivity index (χ2v) is 8.11. The Balaban J connectivity index is 2.25. The van der Waals surface area contributed by atoms with Gasteiger partial charge in [-0.1, -0.05) is 13.8 Å². The molecule has 8 heteroatoms. The highest BCUT2D eigenvalue weighted by molar-refractivity contribution is 7.89. The third-order valence-electron chi connectivity index (χ3n) is 3.63. The maximum Gasteiger partial charge on any atom is 0.246 e. The Kier molecular flexibility index (Phi) is 5.26. The van der Waals surface area contributed by atoms with Crippen molar-refractivity contribution in [2.75, 3.05) is 7.05 Å². The highest BCUT2D eigenvalue weighted by Crippen LogP contribution is 2.20. The molecule has 7 nitrogen and oxygen atoms in total. The van der Waals surface area contributed by atoms with Crippen LogP contribution >= 0.6 is 0 Å². The summed E-state index contributed by atoms with van der Waals surface area (Å²) in [5.41, 5.74) is 1.40. The molecule has 23 heavy (non-hydrogen) atoms. The standard InChI is InChI=1S/C15H25N5O2S/c1-6-20-14(7-8-16-20)10-18(5)23(21,22)15-11-19(9-12(2)3)17-13(15)4/h7-8,11-12H,6,9-10H2,1-5H3. The summed E-state index contributed by atoms with van der Waals surface area (Å²) in [7, 11) is -1.99. The quantitative estimate of drug-likeness (QED) is 0.772. The second-order valence-electron chi connectivity index (χ2n) is 6.09. The minimum atomic E-state index is -3.58. The molecule has 128 valence electrons. The Morgan fingerprint density at radius 3 is 2.65 bits per heavy atom. The van der Waals surface area contributed by atoms with E-state index in [4.69, 9.17) is 0 Å². The van der Waals surface area contributed by atoms with Crippen LogP contribution in [0.25, 0.3) is 0 Å². The van der Waals surface area contributed by atoms with E-state index in [0.717, 1.165) is 5.69 Å². The summed E-state index contributed by atoms with van der Waals surface area (Å²) < 4.78 is 30.5. The first kappa shape index (κ1) is 17.7. The molecular formula is C15H25N5O2S. The molecule has 2 aromatic heterocycles. The molecule has 0 radical (unpaired) electrons. The zero-order valence-corrected chi connectivity index (χ0v) is 15.2. The maximum atomic E-state index is 12.8. The van der Waals surface area contributed by atoms with Crippen LogP contribution in [0.3, 0.4) is 0 Å². The van der Waals surface area contributed by atoms with Gasteiger partial charge in [0, 0.05) is 32.5 Å². The molecule has 0 saturated heterocycles. The lowest BCUT2D eigenvalue weighted by Gasteiger charge is -2.17. The van der Waals surface area contributed by atoms with E-state index < -0.39 is 10.0 Å². The molecule has 2 aromatic rings. The molecule has 0 saturated carbocycles. The van der Waals surface area contributed by atoms with Gasteiger partial charge in [-0.05, 0) is 25.8 Å². The van der Waals surface area contributed by atoms with Crippen molar-refractivity contribution in [3.8, 4) is 0 Å². The van der Waals surface area contributed by atoms with E-state index >= 15 is 0 Å². The minimum Gasteiger partial charge on any atom is -0.271 e. The molecule has 0 aliphatic heterocycles. The van der Waals surface area contributed by atoms with Gasteiger partial charge in [-0.15, -0.1) is 0 Å². The van der Waals surface area contributed by atoms with Crippen molar-refractivity contribution < 1.29 is 8.42 Å². The van der Waals surface area contributed by atoms with Gasteiger partial charge in [-0.3, -0.25) is 9.36 Å². The Morgan fingerprint density at radius 1 is 1.35 bits per heavy atom. The lowest BCUT2D eigenvalue weighted by atomic mass is 10.2. The predicted octanol–water partition coefficient (Wildman–Crippen LogP) is 1.88. The van der Waals surface area contributed by atoms with Crippen molar-refractivity contribution >= 4 is 10.0 Å². The zero-order chi connectivity index (χ0) is 17.2. The van der Waals surface area contributed by atoms with Crippen LogP contribution in [0, 0.1) is 12.8 Å². The summed E-state index contributed by atoms with van der Waals surface area (Å²) >= 11 is 0. The molecule has 0 N–H and O–H groups in total. The predicted molar refractivity (Wildman–Crippen MR) is 88.4 cm³/mol. The lowest BCUT2D eigenvalue weighted by Crippen LogP contribution is -2.28. The summed E-state index contributed by atoms with van der Waals surface area (Å²) in [4.78, 5) is 0.267. The van der Waals surface area contributed by atoms with Gasteiger partial charge in [-0.25, -0.2) is 8.42 Å². The van der Waals surface area contributed by atoms with Crippen molar-refractivity contribution in [1.82, 2.24) is 23.9 Å². The van der Waals surface area contributed by atoms with Crippen LogP contribution in [-0.4, -0.2) is 39.3 Å². The minimum absolute atomic E-state index is 0.267. The number of nitrogens with zero attached hydrogens (tertiary/aromatic N) is 5. The van der Waals surface area contributed by atoms with Crippen molar-refractivity contribution in [2.45, 2.75) is 52.2 Å². The average Bonchev–Trinajstić information content (AvgIpc) is 3.04. The van der Waals surface area contributed by atoms with E-state index in [1.54, 1.807) is 35.7 Å². The molecule has 0 amide bonds. The zero-order valence-electron chi connectivity index (χ0n) is 14.4. The van der Waals surface area contributed by atoms with Crippen LogP contribution < -0.4 is 0 Å². The fourth-order valence-corrected chi connectivity index (χ4v) is 3.79. The normalized spacial score (nSPS) is 12.5. The molecule has 2 rings (SSSR count). The Bertz CT molecular complexity index is 761. The largest absolute Gasteiger partial charge is 0.271 e. The number of rotatable bonds is 7. The third-order valence-corrected chi connectivity index (χ3v) is 5.54. The number of hydrogen-bond acceptors (Lipinski definition) is 4. The van der Waals surface area contributed by atoms with E-state index in [1.165, 1.54) is 4.31 Å². The summed E-state index contributed by atoms with van der Waals surface area (Å²) in [5.74, 6) is 0.404. The van der Waals surface area contributed by atoms with Crippen LogP contribution in [0.2, 0.25) is 0 Å². The molecule has 0 aliphatic carbocycles. The first-order valence-electron chi connectivity index (χ1n) is 7.76. The van der Waals surface area contributed by atoms with Gasteiger partial charge in [0.25, 0.3) is 0 Å². The summed E-state index contributed by atoms with van der Waals surface area (Å²) in [6.07, 6.45) is 3.31. The van der Waals surface area contributed by atoms with Gasteiger partial charge in [0.05, 0.1) is 17.9 Å². The Hall–Kier alpha value is -1.67. The number of hydrogen-bond donors (Lipinski definition) is 0. The van der Waals surface area contributed by atoms with Crippen molar-refractivity contribution in [2.24, 2.45) is 5.92 Å². The number of aryl methyl sites for hydroxylation is 2. The van der Waals surface area contributed by atoms with Crippen molar-refractivity contribution in [3.05, 3.63) is 29.8 Å². The van der Waals surface area contributed by atoms with Gasteiger partial charge in [0.15, 0.2) is 0 Å². The number of sulfonamides is 1. The van der Waals surface area contributed by atoms with Gasteiger partial charge in [-0.2, -0.15) is 14.5 Å². The van der Waals surface area contributed by atoms with E-state index in [9.17, 15) is 8.42 Å². The summed E-state index contributed by atoms with van der Waals surface area (Å²) in [5, 5.41) is 8.50. The van der Waals surface area contributed by atoms with Crippen LogP contribution in [-0.2, 0) is 29.7 Å². The van der Waals surface area contributed by atoms with Gasteiger partial charge >= 0.3 is 0 Å². The Labute approximate surface area is 138 Å².